The zero-order chi connectivity index (χ0) is 22.1. The number of amides is 2. The van der Waals surface area contributed by atoms with Crippen LogP contribution in [0.1, 0.15) is 28.5 Å². The first kappa shape index (κ1) is 21.0. The van der Waals surface area contributed by atoms with E-state index in [1.807, 2.05) is 0 Å². The molecule has 0 unspecified atom stereocenters. The van der Waals surface area contributed by atoms with Crippen LogP contribution in [0.5, 0.6) is 0 Å². The Bertz CT molecular complexity index is 1110. The second-order valence-electron chi connectivity index (χ2n) is 6.29. The Hall–Kier alpha value is -3.76. The van der Waals surface area contributed by atoms with Gasteiger partial charge in [0.15, 0.2) is 5.82 Å². The van der Waals surface area contributed by atoms with Gasteiger partial charge in [0, 0.05) is 18.8 Å². The summed E-state index contributed by atoms with van der Waals surface area (Å²) < 4.78 is 53.0. The van der Waals surface area contributed by atoms with Crippen molar-refractivity contribution < 1.29 is 27.2 Å². The summed E-state index contributed by atoms with van der Waals surface area (Å²) in [7, 11) is 0. The minimum Gasteiger partial charge on any atom is -0.324 e. The number of pyridine rings is 1. The molecule has 0 atom stereocenters. The van der Waals surface area contributed by atoms with Crippen molar-refractivity contribution >= 4 is 23.2 Å². The average Bonchev–Trinajstić information content (AvgIpc) is 3.05. The fraction of sp³-hybridized carbons (Fsp3) is 0.158. The summed E-state index contributed by atoms with van der Waals surface area (Å²) in [6.45, 7) is 2.77. The summed E-state index contributed by atoms with van der Waals surface area (Å²) in [4.78, 5) is 27.5. The van der Waals surface area contributed by atoms with E-state index in [0.717, 1.165) is 18.2 Å². The molecular weight excluding hydrogens is 406 g/mol. The maximum absolute atomic E-state index is 13.7. The molecule has 0 fully saturated rings. The summed E-state index contributed by atoms with van der Waals surface area (Å²) in [5.74, 6) is -1.61. The van der Waals surface area contributed by atoms with Gasteiger partial charge in [0.2, 0.25) is 5.91 Å². The van der Waals surface area contributed by atoms with Crippen molar-refractivity contribution in [3.8, 4) is 5.82 Å². The number of aromatic nitrogens is 3. The Balaban J connectivity index is 1.82. The monoisotopic (exact) mass is 421 g/mol. The largest absolute Gasteiger partial charge is 0.417 e. The third kappa shape index (κ3) is 4.45. The van der Waals surface area contributed by atoms with E-state index in [0.29, 0.717) is 11.9 Å². The van der Waals surface area contributed by atoms with Crippen LogP contribution in [0.3, 0.4) is 0 Å². The first-order valence-electron chi connectivity index (χ1n) is 8.53. The van der Waals surface area contributed by atoms with E-state index in [9.17, 15) is 27.2 Å². The van der Waals surface area contributed by atoms with Crippen LogP contribution in [0, 0.1) is 12.7 Å². The highest BCUT2D eigenvalue weighted by molar-refractivity contribution is 6.05. The fourth-order valence-electron chi connectivity index (χ4n) is 2.63. The van der Waals surface area contributed by atoms with Gasteiger partial charge in [0.25, 0.3) is 5.91 Å². The molecule has 0 bridgehead atoms. The van der Waals surface area contributed by atoms with Gasteiger partial charge in [0.05, 0.1) is 28.7 Å². The molecule has 3 aromatic rings. The van der Waals surface area contributed by atoms with Crippen LogP contribution in [-0.4, -0.2) is 26.6 Å². The van der Waals surface area contributed by atoms with Crippen LogP contribution < -0.4 is 10.6 Å². The van der Waals surface area contributed by atoms with Crippen molar-refractivity contribution in [3.63, 3.8) is 0 Å². The van der Waals surface area contributed by atoms with Gasteiger partial charge in [-0.2, -0.15) is 18.3 Å². The van der Waals surface area contributed by atoms with Crippen molar-refractivity contribution in [2.75, 3.05) is 10.6 Å². The number of carbonyl (C=O) groups excluding carboxylic acids is 2. The van der Waals surface area contributed by atoms with Crippen LogP contribution in [0.15, 0.2) is 42.7 Å². The van der Waals surface area contributed by atoms with Crippen molar-refractivity contribution in [1.82, 2.24) is 14.8 Å². The molecule has 30 heavy (non-hydrogen) atoms. The van der Waals surface area contributed by atoms with E-state index < -0.39 is 29.4 Å². The number of nitrogens with zero attached hydrogens (tertiary/aromatic N) is 3. The minimum absolute atomic E-state index is 0.0957. The van der Waals surface area contributed by atoms with E-state index in [2.05, 4.69) is 20.7 Å². The molecule has 156 valence electrons. The van der Waals surface area contributed by atoms with Crippen LogP contribution in [0.4, 0.5) is 28.9 Å². The highest BCUT2D eigenvalue weighted by atomic mass is 19.4. The van der Waals surface area contributed by atoms with Crippen molar-refractivity contribution in [2.24, 2.45) is 0 Å². The second-order valence-corrected chi connectivity index (χ2v) is 6.29. The smallest absolute Gasteiger partial charge is 0.324 e. The predicted molar refractivity (Wildman–Crippen MR) is 99.8 cm³/mol. The molecule has 3 rings (SSSR count). The van der Waals surface area contributed by atoms with Gasteiger partial charge < -0.3 is 10.6 Å². The second kappa shape index (κ2) is 7.93. The molecule has 2 heterocycles. The molecule has 2 N–H and O–H groups in total. The zero-order valence-corrected chi connectivity index (χ0v) is 15.7. The maximum Gasteiger partial charge on any atom is 0.417 e. The number of halogens is 4. The zero-order valence-electron chi connectivity index (χ0n) is 15.7. The lowest BCUT2D eigenvalue weighted by atomic mass is 10.2. The normalized spacial score (nSPS) is 11.3. The number of carbonyl (C=O) groups is 2. The number of anilines is 2. The van der Waals surface area contributed by atoms with E-state index in [-0.39, 0.29) is 22.8 Å². The number of alkyl halides is 3. The number of hydrogen-bond acceptors (Lipinski definition) is 4. The van der Waals surface area contributed by atoms with Gasteiger partial charge in [-0.25, -0.2) is 14.1 Å². The average molecular weight is 421 g/mol. The molecule has 2 aromatic heterocycles. The van der Waals surface area contributed by atoms with Crippen LogP contribution >= 0.6 is 0 Å². The molecule has 0 saturated carbocycles. The van der Waals surface area contributed by atoms with E-state index in [4.69, 9.17) is 0 Å². The Morgan fingerprint density at radius 1 is 1.07 bits per heavy atom. The quantitative estimate of drug-likeness (QED) is 0.625. The fourth-order valence-corrected chi connectivity index (χ4v) is 2.63. The van der Waals surface area contributed by atoms with Gasteiger partial charge >= 0.3 is 6.18 Å². The molecule has 2 amide bonds. The third-order valence-electron chi connectivity index (χ3n) is 4.08. The van der Waals surface area contributed by atoms with Crippen molar-refractivity contribution in [2.45, 2.75) is 20.0 Å². The highest BCUT2D eigenvalue weighted by Gasteiger charge is 2.30. The Morgan fingerprint density at radius 3 is 2.40 bits per heavy atom. The van der Waals surface area contributed by atoms with Crippen LogP contribution in [0.25, 0.3) is 5.82 Å². The number of nitrogens with one attached hydrogen (secondary N) is 2. The van der Waals surface area contributed by atoms with Crippen molar-refractivity contribution in [1.29, 1.82) is 0 Å². The molecule has 0 saturated heterocycles. The molecule has 0 aliphatic rings. The van der Waals surface area contributed by atoms with Crippen LogP contribution in [0.2, 0.25) is 0 Å². The van der Waals surface area contributed by atoms with E-state index in [1.54, 1.807) is 6.92 Å². The summed E-state index contributed by atoms with van der Waals surface area (Å²) in [6.07, 6.45) is -2.60. The Morgan fingerprint density at radius 2 is 1.80 bits per heavy atom. The first-order valence-corrected chi connectivity index (χ1v) is 8.53. The Labute approximate surface area is 167 Å². The van der Waals surface area contributed by atoms with Gasteiger partial charge in [-0.1, -0.05) is 0 Å². The molecule has 11 heteroatoms. The van der Waals surface area contributed by atoms with E-state index >= 15 is 0 Å². The first-order chi connectivity index (χ1) is 14.1. The van der Waals surface area contributed by atoms with Gasteiger partial charge in [-0.05, 0) is 37.3 Å². The molecule has 0 aliphatic heterocycles. The molecule has 0 aliphatic carbocycles. The summed E-state index contributed by atoms with van der Waals surface area (Å²) in [5.41, 5.74) is -0.294. The molecule has 0 radical (unpaired) electrons. The number of hydrogen-bond donors (Lipinski definition) is 2. The Kier molecular flexibility index (Phi) is 5.54. The predicted octanol–water partition coefficient (Wildman–Crippen LogP) is 3.94. The summed E-state index contributed by atoms with van der Waals surface area (Å²) >= 11 is 0. The van der Waals surface area contributed by atoms with Gasteiger partial charge in [0.1, 0.15) is 5.82 Å². The van der Waals surface area contributed by atoms with Gasteiger partial charge in [-0.15, -0.1) is 0 Å². The standard InChI is InChI=1S/C19H15F4N5O2/c1-10-14(9-25-28(10)17-6-3-12(8-24-17)19(21,22)23)18(30)27-13-4-5-15(20)16(7-13)26-11(2)29/h3-9H,1-2H3,(H,26,29)(H,27,30). The SMILES string of the molecule is CC(=O)Nc1cc(NC(=O)c2cnn(-c3ccc(C(F)(F)F)cn3)c2C)ccc1F. The lowest BCUT2D eigenvalue weighted by molar-refractivity contribution is -0.137. The molecule has 1 aromatic carbocycles. The highest BCUT2D eigenvalue weighted by Crippen LogP contribution is 2.29. The topological polar surface area (TPSA) is 88.9 Å². The lowest BCUT2D eigenvalue weighted by Gasteiger charge is -2.10. The molecular formula is C19H15F4N5O2. The van der Waals surface area contributed by atoms with Gasteiger partial charge in [-0.3, -0.25) is 9.59 Å². The molecule has 7 nitrogen and oxygen atoms in total. The molecule has 0 spiro atoms. The third-order valence-corrected chi connectivity index (χ3v) is 4.08. The van der Waals surface area contributed by atoms with E-state index in [1.165, 1.54) is 29.9 Å². The maximum atomic E-state index is 13.7. The van der Waals surface area contributed by atoms with Crippen molar-refractivity contribution in [3.05, 3.63) is 65.4 Å². The van der Waals surface area contributed by atoms with Crippen LogP contribution in [-0.2, 0) is 11.0 Å². The summed E-state index contributed by atoms with van der Waals surface area (Å²) in [5, 5.41) is 8.87. The summed E-state index contributed by atoms with van der Waals surface area (Å²) in [6, 6.07) is 5.67. The minimum atomic E-state index is -4.51. The lowest BCUT2D eigenvalue weighted by Crippen LogP contribution is -2.14. The number of benzene rings is 1. The number of rotatable bonds is 4.